The van der Waals surface area contributed by atoms with Crippen molar-refractivity contribution in [3.63, 3.8) is 0 Å². The molecule has 1 aromatic heterocycles. The van der Waals surface area contributed by atoms with Crippen LogP contribution < -0.4 is 5.32 Å². The number of nitrogens with zero attached hydrogens (tertiary/aromatic N) is 1. The summed E-state index contributed by atoms with van der Waals surface area (Å²) in [6, 6.07) is 7.51. The molecule has 5 unspecified atom stereocenters. The molecule has 152 valence electrons. The van der Waals surface area contributed by atoms with Gasteiger partial charge in [0.2, 0.25) is 0 Å². The Labute approximate surface area is 174 Å². The summed E-state index contributed by atoms with van der Waals surface area (Å²) in [6.45, 7) is 1.55. The Morgan fingerprint density at radius 3 is 2.86 bits per heavy atom. The molecule has 1 heterocycles. The van der Waals surface area contributed by atoms with Gasteiger partial charge in [0.25, 0.3) is 5.91 Å². The molecule has 3 saturated carbocycles. The molecule has 3 fully saturated rings. The van der Waals surface area contributed by atoms with Gasteiger partial charge >= 0.3 is 0 Å². The minimum atomic E-state index is -0.511. The molecule has 6 heteroatoms. The van der Waals surface area contributed by atoms with Crippen molar-refractivity contribution in [3.05, 3.63) is 40.9 Å². The van der Waals surface area contributed by atoms with Gasteiger partial charge in [-0.1, -0.05) is 30.7 Å². The number of hydrogen-bond donors (Lipinski definition) is 2. The van der Waals surface area contributed by atoms with Gasteiger partial charge in [-0.15, -0.1) is 11.3 Å². The number of hydrogen-bond acceptors (Lipinski definition) is 5. The zero-order valence-corrected chi connectivity index (χ0v) is 17.4. The first-order valence-electron chi connectivity index (χ1n) is 10.5. The largest absolute Gasteiger partial charge is 0.390 e. The molecule has 1 amide bonds. The maximum absolute atomic E-state index is 13.0. The maximum Gasteiger partial charge on any atom is 0.271 e. The van der Waals surface area contributed by atoms with Crippen molar-refractivity contribution in [2.45, 2.75) is 57.1 Å². The predicted molar refractivity (Wildman–Crippen MR) is 112 cm³/mol. The number of aromatic nitrogens is 1. The molecule has 2 N–H and O–H groups in total. The number of thiazole rings is 1. The van der Waals surface area contributed by atoms with Gasteiger partial charge in [0.1, 0.15) is 10.7 Å². The summed E-state index contributed by atoms with van der Waals surface area (Å²) in [5, 5.41) is 16.7. The highest BCUT2D eigenvalue weighted by Crippen LogP contribution is 2.55. The van der Waals surface area contributed by atoms with Crippen LogP contribution in [0.25, 0.3) is 10.6 Å². The molecule has 2 aromatic rings. The fraction of sp³-hybridized carbons (Fsp3) is 0.522. The molecular formula is C23H26N2O3S. The highest BCUT2D eigenvalue weighted by molar-refractivity contribution is 7.13. The summed E-state index contributed by atoms with van der Waals surface area (Å²) >= 11 is 1.39. The number of amides is 1. The fourth-order valence-corrected chi connectivity index (χ4v) is 6.83. The van der Waals surface area contributed by atoms with E-state index in [4.69, 9.17) is 0 Å². The zero-order valence-electron chi connectivity index (χ0n) is 16.6. The molecule has 0 saturated heterocycles. The predicted octanol–water partition coefficient (Wildman–Crippen LogP) is 4.07. The third-order valence-corrected chi connectivity index (χ3v) is 8.20. The third-order valence-electron chi connectivity index (χ3n) is 7.32. The van der Waals surface area contributed by atoms with Crippen LogP contribution in [0.1, 0.15) is 66.3 Å². The summed E-state index contributed by atoms with van der Waals surface area (Å²) in [5.41, 5.74) is 1.30. The van der Waals surface area contributed by atoms with Crippen LogP contribution in [0, 0.1) is 17.8 Å². The van der Waals surface area contributed by atoms with E-state index < -0.39 is 5.60 Å². The lowest BCUT2D eigenvalue weighted by Crippen LogP contribution is -2.47. The second-order valence-corrected chi connectivity index (χ2v) is 9.89. The lowest BCUT2D eigenvalue weighted by molar-refractivity contribution is -0.00376. The number of carbonyl (C=O) groups is 2. The minimum Gasteiger partial charge on any atom is -0.390 e. The second-order valence-electron chi connectivity index (χ2n) is 9.03. The molecule has 3 aliphatic rings. The number of aliphatic hydroxyl groups is 1. The Morgan fingerprint density at radius 1 is 1.24 bits per heavy atom. The van der Waals surface area contributed by atoms with E-state index in [-0.39, 0.29) is 17.7 Å². The van der Waals surface area contributed by atoms with Crippen LogP contribution in [0.15, 0.2) is 29.6 Å². The number of Topliss-reactive ketones (excluding diaryl/α,β-unsaturated/α-hetero) is 1. The Hall–Kier alpha value is -2.05. The van der Waals surface area contributed by atoms with Crippen molar-refractivity contribution in [1.29, 1.82) is 0 Å². The van der Waals surface area contributed by atoms with Gasteiger partial charge in [0, 0.05) is 22.5 Å². The summed E-state index contributed by atoms with van der Waals surface area (Å²) < 4.78 is 0. The summed E-state index contributed by atoms with van der Waals surface area (Å²) in [6.07, 6.45) is 5.89. The average molecular weight is 411 g/mol. The number of fused-ring (bicyclic) bond motifs is 2. The number of ketones is 1. The van der Waals surface area contributed by atoms with E-state index in [1.54, 1.807) is 18.4 Å². The van der Waals surface area contributed by atoms with E-state index in [0.29, 0.717) is 34.0 Å². The molecule has 0 radical (unpaired) electrons. The quantitative estimate of drug-likeness (QED) is 0.745. The highest BCUT2D eigenvalue weighted by Gasteiger charge is 2.55. The first-order valence-corrected chi connectivity index (χ1v) is 11.4. The van der Waals surface area contributed by atoms with Crippen molar-refractivity contribution in [2.24, 2.45) is 17.8 Å². The normalized spacial score (nSPS) is 32.8. The minimum absolute atomic E-state index is 0.00965. The van der Waals surface area contributed by atoms with Gasteiger partial charge in [-0.05, 0) is 56.8 Å². The van der Waals surface area contributed by atoms with E-state index in [0.717, 1.165) is 44.1 Å². The van der Waals surface area contributed by atoms with Crippen molar-refractivity contribution in [1.82, 2.24) is 10.3 Å². The van der Waals surface area contributed by atoms with Gasteiger partial charge < -0.3 is 10.4 Å². The number of nitrogens with one attached hydrogen (secondary N) is 1. The van der Waals surface area contributed by atoms with E-state index >= 15 is 0 Å². The number of rotatable bonds is 4. The van der Waals surface area contributed by atoms with Crippen LogP contribution in [0.4, 0.5) is 0 Å². The van der Waals surface area contributed by atoms with Gasteiger partial charge in [-0.25, -0.2) is 4.98 Å². The van der Waals surface area contributed by atoms with Gasteiger partial charge in [-0.2, -0.15) is 0 Å². The molecule has 1 aromatic carbocycles. The SMILES string of the molecule is CC(=O)c1ccccc1-c1nc(C(=O)NC2C3CCCC4(O)CC2CC4C3)cs1. The van der Waals surface area contributed by atoms with Crippen LogP contribution in [0.2, 0.25) is 0 Å². The van der Waals surface area contributed by atoms with E-state index in [9.17, 15) is 14.7 Å². The first kappa shape index (κ1) is 18.9. The van der Waals surface area contributed by atoms with Crippen LogP contribution in [-0.2, 0) is 0 Å². The molecule has 3 aliphatic carbocycles. The van der Waals surface area contributed by atoms with Gasteiger partial charge in [-0.3, -0.25) is 9.59 Å². The van der Waals surface area contributed by atoms with Crippen molar-refractivity contribution in [3.8, 4) is 10.6 Å². The molecule has 3 bridgehead atoms. The third kappa shape index (κ3) is 3.22. The van der Waals surface area contributed by atoms with Gasteiger partial charge in [0.05, 0.1) is 5.60 Å². The molecule has 0 spiro atoms. The Kier molecular flexibility index (Phi) is 4.59. The standard InChI is InChI=1S/C23H26N2O3S/c1-13(26)17-6-2-3-7-18(17)22-24-19(12-29-22)21(27)25-20-14-5-4-8-23(28)11-15(20)10-16(23)9-14/h2-3,6-7,12,14-16,20,28H,4-5,8-11H2,1H3,(H,25,27). The summed E-state index contributed by atoms with van der Waals surface area (Å²) in [5.74, 6) is 1.07. The average Bonchev–Trinajstić information content (AvgIpc) is 3.25. The van der Waals surface area contributed by atoms with Crippen LogP contribution in [0.5, 0.6) is 0 Å². The van der Waals surface area contributed by atoms with Crippen molar-refractivity contribution >= 4 is 23.0 Å². The van der Waals surface area contributed by atoms with Crippen molar-refractivity contribution < 1.29 is 14.7 Å². The molecule has 5 rings (SSSR count). The Bertz CT molecular complexity index is 969. The van der Waals surface area contributed by atoms with Crippen molar-refractivity contribution in [2.75, 3.05) is 0 Å². The molecule has 0 aliphatic heterocycles. The Morgan fingerprint density at radius 2 is 2.03 bits per heavy atom. The highest BCUT2D eigenvalue weighted by atomic mass is 32.1. The van der Waals surface area contributed by atoms with E-state index in [1.807, 2.05) is 18.2 Å². The number of carbonyl (C=O) groups excluding carboxylic acids is 2. The summed E-state index contributed by atoms with van der Waals surface area (Å²) in [7, 11) is 0. The molecule has 29 heavy (non-hydrogen) atoms. The first-order chi connectivity index (χ1) is 13.9. The smallest absolute Gasteiger partial charge is 0.271 e. The zero-order chi connectivity index (χ0) is 20.2. The lowest BCUT2D eigenvalue weighted by Gasteiger charge is -2.36. The van der Waals surface area contributed by atoms with Gasteiger partial charge in [0.15, 0.2) is 5.78 Å². The monoisotopic (exact) mass is 410 g/mol. The molecule has 5 nitrogen and oxygen atoms in total. The van der Waals surface area contributed by atoms with E-state index in [1.165, 1.54) is 11.3 Å². The van der Waals surface area contributed by atoms with Crippen LogP contribution >= 0.6 is 11.3 Å². The molecular weight excluding hydrogens is 384 g/mol. The van der Waals surface area contributed by atoms with Crippen LogP contribution in [-0.4, -0.2) is 33.4 Å². The Balaban J connectivity index is 1.36. The van der Waals surface area contributed by atoms with E-state index in [2.05, 4.69) is 10.3 Å². The topological polar surface area (TPSA) is 79.3 Å². The molecule has 5 atom stereocenters. The van der Waals surface area contributed by atoms with Crippen LogP contribution in [0.3, 0.4) is 0 Å². The summed E-state index contributed by atoms with van der Waals surface area (Å²) in [4.78, 5) is 29.5. The fourth-order valence-electron chi connectivity index (χ4n) is 5.99. The lowest BCUT2D eigenvalue weighted by atomic mass is 9.75. The second kappa shape index (κ2) is 7.03. The number of benzene rings is 1. The maximum atomic E-state index is 13.0.